The fraction of sp³-hybridized carbons (Fsp3) is 0.478. The molecule has 3 aromatic heterocycles. The number of thiophene rings is 1. The molecule has 0 N–H and O–H groups in total. The molecule has 0 aliphatic carbocycles. The van der Waals surface area contributed by atoms with Crippen LogP contribution >= 0.6 is 11.3 Å². The van der Waals surface area contributed by atoms with Crippen LogP contribution in [0, 0.1) is 0 Å². The number of aromatic nitrogens is 4. The molecule has 2 aliphatic rings. The lowest BCUT2D eigenvalue weighted by molar-refractivity contribution is -0.0927. The summed E-state index contributed by atoms with van der Waals surface area (Å²) in [4.78, 5) is 26.3. The van der Waals surface area contributed by atoms with E-state index in [-0.39, 0.29) is 11.5 Å². The van der Waals surface area contributed by atoms with Gasteiger partial charge in [-0.3, -0.25) is 19.4 Å². The lowest BCUT2D eigenvalue weighted by Crippen LogP contribution is -2.48. The SMILES string of the molecule is CC(C)c1cc(C(=O)N2CCC3(CC2)OCCc2sc(-c4cnccn4)cc23)n(C)n1. The number of fused-ring (bicyclic) bond motifs is 2. The third-order valence-electron chi connectivity index (χ3n) is 6.39. The summed E-state index contributed by atoms with van der Waals surface area (Å²) in [6.45, 7) is 6.26. The molecule has 0 aromatic carbocycles. The first-order valence-electron chi connectivity index (χ1n) is 10.8. The zero-order valence-electron chi connectivity index (χ0n) is 18.2. The van der Waals surface area contributed by atoms with Crippen LogP contribution in [0.1, 0.15) is 59.2 Å². The Morgan fingerprint density at radius 1 is 1.23 bits per heavy atom. The minimum atomic E-state index is -0.309. The number of aryl methyl sites for hydroxylation is 1. The Morgan fingerprint density at radius 3 is 2.71 bits per heavy atom. The van der Waals surface area contributed by atoms with E-state index < -0.39 is 0 Å². The minimum absolute atomic E-state index is 0.0540. The van der Waals surface area contributed by atoms with E-state index in [1.807, 2.05) is 24.2 Å². The second-order valence-corrected chi connectivity index (χ2v) is 9.79. The Kier molecular flexibility index (Phi) is 5.14. The Hall–Kier alpha value is -2.58. The Bertz CT molecular complexity index is 1100. The predicted molar refractivity (Wildman–Crippen MR) is 119 cm³/mol. The molecule has 1 saturated heterocycles. The number of carbonyl (C=O) groups excluding carboxylic acids is 1. The Morgan fingerprint density at radius 2 is 2.03 bits per heavy atom. The summed E-state index contributed by atoms with van der Waals surface area (Å²) in [6, 6.07) is 4.16. The van der Waals surface area contributed by atoms with Crippen molar-refractivity contribution in [2.24, 2.45) is 7.05 Å². The highest BCUT2D eigenvalue weighted by Gasteiger charge is 2.43. The number of amides is 1. The van der Waals surface area contributed by atoms with E-state index in [1.54, 1.807) is 28.4 Å². The van der Waals surface area contributed by atoms with Crippen LogP contribution in [-0.2, 0) is 23.8 Å². The van der Waals surface area contributed by atoms with E-state index in [0.29, 0.717) is 24.7 Å². The number of hydrogen-bond acceptors (Lipinski definition) is 6. The molecule has 5 heterocycles. The van der Waals surface area contributed by atoms with Crippen molar-refractivity contribution >= 4 is 17.2 Å². The average Bonchev–Trinajstić information content (AvgIpc) is 3.40. The Labute approximate surface area is 186 Å². The molecule has 5 rings (SSSR count). The second-order valence-electron chi connectivity index (χ2n) is 8.66. The summed E-state index contributed by atoms with van der Waals surface area (Å²) in [5, 5.41) is 4.51. The maximum atomic E-state index is 13.2. The number of piperidine rings is 1. The first-order valence-corrected chi connectivity index (χ1v) is 11.7. The Balaban J connectivity index is 1.36. The molecular formula is C23H27N5O2S. The maximum absolute atomic E-state index is 13.2. The zero-order valence-corrected chi connectivity index (χ0v) is 19.0. The van der Waals surface area contributed by atoms with E-state index in [4.69, 9.17) is 4.74 Å². The molecule has 8 heteroatoms. The van der Waals surface area contributed by atoms with Crippen LogP contribution in [0.3, 0.4) is 0 Å². The molecule has 7 nitrogen and oxygen atoms in total. The van der Waals surface area contributed by atoms with Gasteiger partial charge in [-0.05, 0) is 36.5 Å². The maximum Gasteiger partial charge on any atom is 0.272 e. The van der Waals surface area contributed by atoms with Crippen LogP contribution in [0.4, 0.5) is 0 Å². The number of ether oxygens (including phenoxy) is 1. The van der Waals surface area contributed by atoms with E-state index in [2.05, 4.69) is 35.0 Å². The molecule has 162 valence electrons. The average molecular weight is 438 g/mol. The highest BCUT2D eigenvalue weighted by molar-refractivity contribution is 7.15. The molecule has 1 fully saturated rings. The van der Waals surface area contributed by atoms with E-state index in [1.165, 1.54) is 10.4 Å². The van der Waals surface area contributed by atoms with Crippen LogP contribution in [0.15, 0.2) is 30.7 Å². The number of rotatable bonds is 3. The van der Waals surface area contributed by atoms with E-state index >= 15 is 0 Å². The third kappa shape index (κ3) is 3.57. The van der Waals surface area contributed by atoms with Crippen LogP contribution < -0.4 is 0 Å². The summed E-state index contributed by atoms with van der Waals surface area (Å²) in [5.41, 5.74) is 3.48. The lowest BCUT2D eigenvalue weighted by Gasteiger charge is -2.44. The van der Waals surface area contributed by atoms with Gasteiger partial charge in [0.1, 0.15) is 5.69 Å². The third-order valence-corrected chi connectivity index (χ3v) is 7.61. The van der Waals surface area contributed by atoms with Crippen molar-refractivity contribution in [1.29, 1.82) is 0 Å². The molecule has 2 aliphatic heterocycles. The van der Waals surface area contributed by atoms with Crippen molar-refractivity contribution in [2.75, 3.05) is 19.7 Å². The zero-order chi connectivity index (χ0) is 21.6. The highest BCUT2D eigenvalue weighted by Crippen LogP contribution is 2.46. The summed E-state index contributed by atoms with van der Waals surface area (Å²) < 4.78 is 8.10. The van der Waals surface area contributed by atoms with Crippen molar-refractivity contribution < 1.29 is 9.53 Å². The van der Waals surface area contributed by atoms with Gasteiger partial charge in [-0.2, -0.15) is 5.10 Å². The molecule has 0 bridgehead atoms. The second kappa shape index (κ2) is 7.84. The normalized spacial score (nSPS) is 17.9. The molecule has 0 saturated carbocycles. The molecule has 1 amide bonds. The van der Waals surface area contributed by atoms with Gasteiger partial charge >= 0.3 is 0 Å². The summed E-state index contributed by atoms with van der Waals surface area (Å²) in [6.07, 6.45) is 7.77. The number of likely N-dealkylation sites (tertiary alicyclic amines) is 1. The van der Waals surface area contributed by atoms with Crippen molar-refractivity contribution in [2.45, 2.75) is 44.6 Å². The van der Waals surface area contributed by atoms with Crippen molar-refractivity contribution in [1.82, 2.24) is 24.6 Å². The first kappa shape index (κ1) is 20.3. The van der Waals surface area contributed by atoms with Gasteiger partial charge < -0.3 is 9.64 Å². The van der Waals surface area contributed by atoms with Gasteiger partial charge in [0.05, 0.1) is 34.7 Å². The predicted octanol–water partition coefficient (Wildman–Crippen LogP) is 3.77. The van der Waals surface area contributed by atoms with Gasteiger partial charge in [-0.1, -0.05) is 13.8 Å². The largest absolute Gasteiger partial charge is 0.370 e. The molecule has 1 spiro atoms. The number of nitrogens with zero attached hydrogens (tertiary/aromatic N) is 5. The minimum Gasteiger partial charge on any atom is -0.370 e. The van der Waals surface area contributed by atoms with Crippen LogP contribution in [0.25, 0.3) is 10.6 Å². The van der Waals surface area contributed by atoms with Crippen molar-refractivity contribution in [3.63, 3.8) is 0 Å². The van der Waals surface area contributed by atoms with Gasteiger partial charge in [-0.25, -0.2) is 0 Å². The summed E-state index contributed by atoms with van der Waals surface area (Å²) >= 11 is 1.79. The molecule has 0 unspecified atom stereocenters. The lowest BCUT2D eigenvalue weighted by atomic mass is 9.82. The molecular weight excluding hydrogens is 410 g/mol. The van der Waals surface area contributed by atoms with Crippen LogP contribution in [-0.4, -0.2) is 50.3 Å². The van der Waals surface area contributed by atoms with E-state index in [9.17, 15) is 4.79 Å². The monoisotopic (exact) mass is 437 g/mol. The standard InChI is InChI=1S/C23H27N5O2S/c1-15(2)17-13-19(27(3)26-17)22(29)28-9-5-23(6-10-28)16-12-21(18-14-24-7-8-25-18)31-20(16)4-11-30-23/h7-8,12-15H,4-6,9-11H2,1-3H3. The van der Waals surface area contributed by atoms with Gasteiger partial charge in [0.2, 0.25) is 0 Å². The quantitative estimate of drug-likeness (QED) is 0.624. The topological polar surface area (TPSA) is 73.1 Å². The summed E-state index contributed by atoms with van der Waals surface area (Å²) in [7, 11) is 1.85. The first-order chi connectivity index (χ1) is 15.0. The van der Waals surface area contributed by atoms with Gasteiger partial charge in [0.25, 0.3) is 5.91 Å². The molecule has 0 radical (unpaired) electrons. The van der Waals surface area contributed by atoms with Gasteiger partial charge in [0.15, 0.2) is 0 Å². The van der Waals surface area contributed by atoms with Gasteiger partial charge in [0, 0.05) is 43.8 Å². The molecule has 3 aromatic rings. The number of carbonyl (C=O) groups is 1. The fourth-order valence-electron chi connectivity index (χ4n) is 4.59. The van der Waals surface area contributed by atoms with Crippen LogP contribution in [0.2, 0.25) is 0 Å². The van der Waals surface area contributed by atoms with Crippen molar-refractivity contribution in [3.05, 3.63) is 52.6 Å². The van der Waals surface area contributed by atoms with Crippen molar-refractivity contribution in [3.8, 4) is 10.6 Å². The highest BCUT2D eigenvalue weighted by atomic mass is 32.1. The summed E-state index contributed by atoms with van der Waals surface area (Å²) in [5.74, 6) is 0.354. The van der Waals surface area contributed by atoms with E-state index in [0.717, 1.165) is 42.1 Å². The fourth-order valence-corrected chi connectivity index (χ4v) is 5.78. The molecule has 0 atom stereocenters. The molecule has 31 heavy (non-hydrogen) atoms. The number of hydrogen-bond donors (Lipinski definition) is 0. The van der Waals surface area contributed by atoms with Gasteiger partial charge in [-0.15, -0.1) is 11.3 Å². The smallest absolute Gasteiger partial charge is 0.272 e. The van der Waals surface area contributed by atoms with Crippen LogP contribution in [0.5, 0.6) is 0 Å².